The van der Waals surface area contributed by atoms with Gasteiger partial charge in [-0.25, -0.2) is 0 Å². The maximum atomic E-state index is 10.3. The Morgan fingerprint density at radius 2 is 2.31 bits per heavy atom. The summed E-state index contributed by atoms with van der Waals surface area (Å²) < 4.78 is 10.7. The van der Waals surface area contributed by atoms with Crippen molar-refractivity contribution in [1.29, 1.82) is 0 Å². The topological polar surface area (TPSA) is 39.4 Å². The van der Waals surface area contributed by atoms with Gasteiger partial charge in [0.05, 0.1) is 12.1 Å². The first-order valence-electron chi connectivity index (χ1n) is 4.64. The molecule has 2 rings (SSSR count). The monoisotopic (exact) mass is 236 g/mol. The van der Waals surface area contributed by atoms with Gasteiger partial charge in [0.1, 0.15) is 12.0 Å². The van der Waals surface area contributed by atoms with E-state index in [2.05, 4.69) is 0 Å². The minimum atomic E-state index is 0.272. The molecule has 0 aliphatic carbocycles. The number of benzene rings is 1. The van der Waals surface area contributed by atoms with Crippen molar-refractivity contribution in [2.75, 3.05) is 7.11 Å². The Bertz CT molecular complexity index is 554. The lowest BCUT2D eigenvalue weighted by molar-refractivity contribution is -0.104. The van der Waals surface area contributed by atoms with E-state index in [4.69, 9.17) is 20.8 Å². The first-order chi connectivity index (χ1) is 7.76. The molecule has 82 valence electrons. The molecule has 0 aliphatic rings. The lowest BCUT2D eigenvalue weighted by Gasteiger charge is -1.98. The molecule has 4 heteroatoms. The number of aldehydes is 1. The van der Waals surface area contributed by atoms with Crippen LogP contribution in [0.3, 0.4) is 0 Å². The molecular weight excluding hydrogens is 228 g/mol. The number of carbonyl (C=O) groups excluding carboxylic acids is 1. The second kappa shape index (κ2) is 4.41. The summed E-state index contributed by atoms with van der Waals surface area (Å²) in [4.78, 5) is 10.3. The SMILES string of the molecule is COc1cccc2cc(C(Cl)=CC=O)oc12. The van der Waals surface area contributed by atoms with Gasteiger partial charge in [0.15, 0.2) is 11.3 Å². The first-order valence-corrected chi connectivity index (χ1v) is 5.02. The molecule has 0 aliphatic heterocycles. The van der Waals surface area contributed by atoms with Crippen molar-refractivity contribution in [1.82, 2.24) is 0 Å². The molecule has 2 aromatic rings. The van der Waals surface area contributed by atoms with E-state index in [-0.39, 0.29) is 5.03 Å². The first kappa shape index (κ1) is 10.8. The molecule has 0 saturated heterocycles. The van der Waals surface area contributed by atoms with Crippen LogP contribution in [0.2, 0.25) is 0 Å². The third-order valence-electron chi connectivity index (χ3n) is 2.18. The van der Waals surface area contributed by atoms with Gasteiger partial charge >= 0.3 is 0 Å². The molecule has 0 N–H and O–H groups in total. The second-order valence-electron chi connectivity index (χ2n) is 3.14. The minimum absolute atomic E-state index is 0.272. The fraction of sp³-hybridized carbons (Fsp3) is 0.0833. The fourth-order valence-corrected chi connectivity index (χ4v) is 1.60. The normalized spacial score (nSPS) is 11.8. The van der Waals surface area contributed by atoms with Crippen LogP contribution in [0.1, 0.15) is 5.76 Å². The van der Waals surface area contributed by atoms with Gasteiger partial charge in [-0.2, -0.15) is 0 Å². The van der Waals surface area contributed by atoms with Gasteiger partial charge in [-0.05, 0) is 12.1 Å². The highest BCUT2D eigenvalue weighted by molar-refractivity contribution is 6.49. The molecule has 0 saturated carbocycles. The van der Waals surface area contributed by atoms with Crippen LogP contribution in [0.15, 0.2) is 34.8 Å². The lowest BCUT2D eigenvalue weighted by atomic mass is 10.2. The number of carbonyl (C=O) groups is 1. The molecule has 0 unspecified atom stereocenters. The van der Waals surface area contributed by atoms with Gasteiger partial charge in [-0.1, -0.05) is 23.7 Å². The standard InChI is InChI=1S/C12H9ClO3/c1-15-10-4-2-3-8-7-11(16-12(8)10)9(13)5-6-14/h2-7H,1H3. The molecular formula is C12H9ClO3. The van der Waals surface area contributed by atoms with Crippen LogP contribution in [0, 0.1) is 0 Å². The zero-order valence-corrected chi connectivity index (χ0v) is 9.32. The van der Waals surface area contributed by atoms with Gasteiger partial charge in [-0.15, -0.1) is 0 Å². The van der Waals surface area contributed by atoms with E-state index in [9.17, 15) is 4.79 Å². The molecule has 0 amide bonds. The number of ether oxygens (including phenoxy) is 1. The predicted molar refractivity (Wildman–Crippen MR) is 62.7 cm³/mol. The minimum Gasteiger partial charge on any atom is -0.493 e. The highest BCUT2D eigenvalue weighted by Crippen LogP contribution is 2.32. The summed E-state index contributed by atoms with van der Waals surface area (Å²) in [5, 5.41) is 1.15. The number of fused-ring (bicyclic) bond motifs is 1. The Labute approximate surface area is 97.3 Å². The quantitative estimate of drug-likeness (QED) is 0.607. The van der Waals surface area contributed by atoms with Gasteiger partial charge in [0.25, 0.3) is 0 Å². The van der Waals surface area contributed by atoms with E-state index in [0.717, 1.165) is 5.39 Å². The summed E-state index contributed by atoms with van der Waals surface area (Å²) in [6, 6.07) is 7.31. The number of halogens is 1. The number of hydrogen-bond donors (Lipinski definition) is 0. The lowest BCUT2D eigenvalue weighted by Crippen LogP contribution is -1.81. The number of para-hydroxylation sites is 1. The van der Waals surface area contributed by atoms with E-state index >= 15 is 0 Å². The van der Waals surface area contributed by atoms with Gasteiger partial charge in [0.2, 0.25) is 0 Å². The number of hydrogen-bond acceptors (Lipinski definition) is 3. The molecule has 1 aromatic carbocycles. The van der Waals surface area contributed by atoms with Crippen LogP contribution in [-0.4, -0.2) is 13.4 Å². The van der Waals surface area contributed by atoms with Crippen LogP contribution in [0.5, 0.6) is 5.75 Å². The molecule has 1 heterocycles. The Morgan fingerprint density at radius 3 is 3.00 bits per heavy atom. The van der Waals surface area contributed by atoms with E-state index in [1.807, 2.05) is 12.1 Å². The zero-order chi connectivity index (χ0) is 11.5. The van der Waals surface area contributed by atoms with Gasteiger partial charge in [-0.3, -0.25) is 4.79 Å². The number of rotatable bonds is 3. The summed E-state index contributed by atoms with van der Waals surface area (Å²) in [6.45, 7) is 0. The van der Waals surface area contributed by atoms with Crippen molar-refractivity contribution in [3.63, 3.8) is 0 Å². The van der Waals surface area contributed by atoms with Crippen molar-refractivity contribution in [2.45, 2.75) is 0 Å². The number of furan rings is 1. The highest BCUT2D eigenvalue weighted by Gasteiger charge is 2.10. The third kappa shape index (κ3) is 1.82. The summed E-state index contributed by atoms with van der Waals surface area (Å²) in [6.07, 6.45) is 1.86. The van der Waals surface area contributed by atoms with Crippen molar-refractivity contribution in [3.05, 3.63) is 36.1 Å². The summed E-state index contributed by atoms with van der Waals surface area (Å²) in [7, 11) is 1.57. The molecule has 0 radical (unpaired) electrons. The summed E-state index contributed by atoms with van der Waals surface area (Å²) >= 11 is 5.87. The Balaban J connectivity index is 2.60. The Kier molecular flexibility index (Phi) is 2.97. The summed E-state index contributed by atoms with van der Waals surface area (Å²) in [5.74, 6) is 1.09. The van der Waals surface area contributed by atoms with E-state index in [1.54, 1.807) is 19.2 Å². The van der Waals surface area contributed by atoms with E-state index in [1.165, 1.54) is 6.08 Å². The Hall–Kier alpha value is -1.74. The maximum Gasteiger partial charge on any atom is 0.176 e. The van der Waals surface area contributed by atoms with Crippen molar-refractivity contribution < 1.29 is 13.9 Å². The average molecular weight is 237 g/mol. The smallest absolute Gasteiger partial charge is 0.176 e. The zero-order valence-electron chi connectivity index (χ0n) is 8.57. The van der Waals surface area contributed by atoms with Crippen LogP contribution >= 0.6 is 11.6 Å². The van der Waals surface area contributed by atoms with E-state index < -0.39 is 0 Å². The average Bonchev–Trinajstić information content (AvgIpc) is 2.72. The predicted octanol–water partition coefficient (Wildman–Crippen LogP) is 3.22. The third-order valence-corrected chi connectivity index (χ3v) is 2.49. The second-order valence-corrected chi connectivity index (χ2v) is 3.55. The van der Waals surface area contributed by atoms with Gasteiger partial charge in [0, 0.05) is 11.5 Å². The van der Waals surface area contributed by atoms with Crippen molar-refractivity contribution in [3.8, 4) is 5.75 Å². The van der Waals surface area contributed by atoms with Crippen LogP contribution in [-0.2, 0) is 4.79 Å². The number of methoxy groups -OCH3 is 1. The molecule has 0 fully saturated rings. The van der Waals surface area contributed by atoms with E-state index in [0.29, 0.717) is 23.4 Å². The fourth-order valence-electron chi connectivity index (χ4n) is 1.46. The molecule has 1 aromatic heterocycles. The molecule has 3 nitrogen and oxygen atoms in total. The van der Waals surface area contributed by atoms with Crippen LogP contribution in [0.25, 0.3) is 16.0 Å². The van der Waals surface area contributed by atoms with Crippen molar-refractivity contribution >= 4 is 33.9 Å². The van der Waals surface area contributed by atoms with Crippen LogP contribution < -0.4 is 4.74 Å². The maximum absolute atomic E-state index is 10.3. The summed E-state index contributed by atoms with van der Waals surface area (Å²) in [5.41, 5.74) is 0.623. The molecule has 0 spiro atoms. The molecule has 16 heavy (non-hydrogen) atoms. The van der Waals surface area contributed by atoms with Crippen LogP contribution in [0.4, 0.5) is 0 Å². The van der Waals surface area contributed by atoms with Gasteiger partial charge < -0.3 is 9.15 Å². The Morgan fingerprint density at radius 1 is 1.50 bits per heavy atom. The molecule has 0 atom stereocenters. The largest absolute Gasteiger partial charge is 0.493 e. The highest BCUT2D eigenvalue weighted by atomic mass is 35.5. The number of allylic oxidation sites excluding steroid dienone is 1. The van der Waals surface area contributed by atoms with Crippen molar-refractivity contribution in [2.24, 2.45) is 0 Å². The molecule has 0 bridgehead atoms.